The molecule has 0 radical (unpaired) electrons. The van der Waals surface area contributed by atoms with Gasteiger partial charge in [0.25, 0.3) is 0 Å². The van der Waals surface area contributed by atoms with Crippen LogP contribution >= 0.6 is 0 Å². The Kier molecular flexibility index (Phi) is 12.0. The molecular formula is C38H60O11. The molecule has 4 aliphatic rings. The smallest absolute Gasteiger partial charge is 0.351 e. The number of ketones is 2. The fourth-order valence-electron chi connectivity index (χ4n) is 8.93. The highest BCUT2D eigenvalue weighted by Gasteiger charge is 2.57. The molecular weight excluding hydrogens is 632 g/mol. The van der Waals surface area contributed by atoms with E-state index in [1.165, 1.54) is 6.92 Å². The Labute approximate surface area is 291 Å². The number of hydrogen-bond acceptors (Lipinski definition) is 11. The summed E-state index contributed by atoms with van der Waals surface area (Å²) < 4.78 is 24.3. The maximum atomic E-state index is 14.2. The van der Waals surface area contributed by atoms with E-state index in [4.69, 9.17) is 18.9 Å². The van der Waals surface area contributed by atoms with E-state index in [2.05, 4.69) is 6.58 Å². The monoisotopic (exact) mass is 692 g/mol. The molecule has 0 amide bonds. The zero-order valence-corrected chi connectivity index (χ0v) is 30.9. The molecule has 0 bridgehead atoms. The molecule has 0 aromatic rings. The molecule has 13 atom stereocenters. The van der Waals surface area contributed by atoms with Gasteiger partial charge in [0.2, 0.25) is 0 Å². The van der Waals surface area contributed by atoms with Crippen LogP contribution in [0.15, 0.2) is 23.7 Å². The summed E-state index contributed by atoms with van der Waals surface area (Å²) in [6.07, 6.45) is -0.139. The first-order chi connectivity index (χ1) is 22.7. The van der Waals surface area contributed by atoms with Crippen molar-refractivity contribution in [3.63, 3.8) is 0 Å². The van der Waals surface area contributed by atoms with Gasteiger partial charge >= 0.3 is 5.97 Å². The highest BCUT2D eigenvalue weighted by atomic mass is 16.6. The standard InChI is InChI=1S/C38H60O11/c1-11-25(31(40)22(7)33-21(6)17-20(5)27(48-33)18-26(39)30-32(41)23(8)46-35(30)43)34(42)36(10,44)28-13-15-37(12-2,49-28)29-14-16-38(45,19(3)4)24(9)47-29/h19-22,24-25,27-29,31,33,40-41,44-45H,8,11-18H2,1-7,9-10H3. The fraction of sp³-hybridized carbons (Fsp3) is 0.816. The quantitative estimate of drug-likeness (QED) is 0.153. The van der Waals surface area contributed by atoms with Crippen LogP contribution in [0.1, 0.15) is 114 Å². The van der Waals surface area contributed by atoms with E-state index in [0.717, 1.165) is 0 Å². The van der Waals surface area contributed by atoms with Crippen LogP contribution in [0.4, 0.5) is 0 Å². The van der Waals surface area contributed by atoms with E-state index in [1.54, 1.807) is 6.92 Å². The Balaban J connectivity index is 1.45. The first-order valence-electron chi connectivity index (χ1n) is 18.3. The van der Waals surface area contributed by atoms with Crippen LogP contribution in [0.3, 0.4) is 0 Å². The molecule has 0 aromatic heterocycles. The summed E-state index contributed by atoms with van der Waals surface area (Å²) in [5, 5.41) is 44.9. The Bertz CT molecular complexity index is 1300. The van der Waals surface area contributed by atoms with E-state index >= 15 is 0 Å². The van der Waals surface area contributed by atoms with Crippen molar-refractivity contribution < 1.29 is 53.8 Å². The number of aliphatic hydroxyl groups is 4. The van der Waals surface area contributed by atoms with Crippen LogP contribution in [-0.2, 0) is 33.3 Å². The molecule has 11 nitrogen and oxygen atoms in total. The molecule has 4 heterocycles. The summed E-state index contributed by atoms with van der Waals surface area (Å²) in [5.41, 5.74) is -3.96. The van der Waals surface area contributed by atoms with Gasteiger partial charge < -0.3 is 39.4 Å². The minimum atomic E-state index is -1.88. The number of carbonyl (C=O) groups is 3. The first-order valence-corrected chi connectivity index (χ1v) is 18.3. The molecule has 11 heteroatoms. The zero-order valence-electron chi connectivity index (χ0n) is 30.9. The first kappa shape index (κ1) is 39.6. The molecule has 278 valence electrons. The highest BCUT2D eigenvalue weighted by Crippen LogP contribution is 2.47. The number of hydrogen-bond donors (Lipinski definition) is 4. The second-order valence-electron chi connectivity index (χ2n) is 15.9. The lowest BCUT2D eigenvalue weighted by Crippen LogP contribution is -2.58. The third-order valence-electron chi connectivity index (χ3n) is 12.5. The summed E-state index contributed by atoms with van der Waals surface area (Å²) in [6.45, 7) is 20.4. The molecule has 3 fully saturated rings. The molecule has 3 saturated heterocycles. The summed E-state index contributed by atoms with van der Waals surface area (Å²) >= 11 is 0. The van der Waals surface area contributed by atoms with Gasteiger partial charge in [0.1, 0.15) is 11.2 Å². The van der Waals surface area contributed by atoms with Crippen molar-refractivity contribution in [1.29, 1.82) is 0 Å². The molecule has 0 saturated carbocycles. The van der Waals surface area contributed by atoms with E-state index < -0.39 is 88.0 Å². The van der Waals surface area contributed by atoms with Gasteiger partial charge in [-0.05, 0) is 76.5 Å². The predicted molar refractivity (Wildman–Crippen MR) is 181 cm³/mol. The van der Waals surface area contributed by atoms with Gasteiger partial charge in [-0.1, -0.05) is 55.0 Å². The van der Waals surface area contributed by atoms with Gasteiger partial charge in [-0.3, -0.25) is 9.59 Å². The normalized spacial score (nSPS) is 38.7. The van der Waals surface area contributed by atoms with Gasteiger partial charge in [-0.25, -0.2) is 4.79 Å². The lowest BCUT2D eigenvalue weighted by atomic mass is 9.73. The largest absolute Gasteiger partial charge is 0.504 e. The maximum Gasteiger partial charge on any atom is 0.351 e. The average molecular weight is 693 g/mol. The number of rotatable bonds is 13. The van der Waals surface area contributed by atoms with Gasteiger partial charge in [0, 0.05) is 18.3 Å². The Morgan fingerprint density at radius 3 is 2.24 bits per heavy atom. The van der Waals surface area contributed by atoms with Crippen LogP contribution in [0, 0.1) is 29.6 Å². The van der Waals surface area contributed by atoms with Gasteiger partial charge in [-0.15, -0.1) is 0 Å². The summed E-state index contributed by atoms with van der Waals surface area (Å²) in [5.74, 6) is -4.37. The highest BCUT2D eigenvalue weighted by molar-refractivity contribution is 6.20. The fourth-order valence-corrected chi connectivity index (χ4v) is 8.93. The molecule has 0 aromatic carbocycles. The minimum Gasteiger partial charge on any atom is -0.504 e. The zero-order chi connectivity index (χ0) is 36.8. The van der Waals surface area contributed by atoms with Crippen LogP contribution < -0.4 is 0 Å². The number of cyclic esters (lactones) is 1. The van der Waals surface area contributed by atoms with Crippen molar-refractivity contribution in [1.82, 2.24) is 0 Å². The molecule has 0 spiro atoms. The Hall–Kier alpha value is -2.15. The topological polar surface area (TPSA) is 169 Å². The van der Waals surface area contributed by atoms with E-state index in [0.29, 0.717) is 38.5 Å². The minimum absolute atomic E-state index is 0.0162. The van der Waals surface area contributed by atoms with Crippen LogP contribution in [0.25, 0.3) is 0 Å². The Morgan fingerprint density at radius 2 is 1.71 bits per heavy atom. The van der Waals surface area contributed by atoms with E-state index in [-0.39, 0.29) is 42.5 Å². The molecule has 49 heavy (non-hydrogen) atoms. The second kappa shape index (κ2) is 14.8. The van der Waals surface area contributed by atoms with Crippen molar-refractivity contribution >= 4 is 17.5 Å². The SMILES string of the molecule is C=C1OC(=O)C(C(=O)CC2OC(C(C)C(O)C(CC)C(=O)C(C)(O)C3CCC(CC)(C4CCC(O)(C(C)C)C(C)O4)O3)C(C)CC2C)=C1O. The second-order valence-corrected chi connectivity index (χ2v) is 15.9. The van der Waals surface area contributed by atoms with Crippen molar-refractivity contribution in [2.45, 2.75) is 167 Å². The summed E-state index contributed by atoms with van der Waals surface area (Å²) in [6, 6.07) is 0. The third kappa shape index (κ3) is 7.31. The van der Waals surface area contributed by atoms with Crippen molar-refractivity contribution in [3.05, 3.63) is 23.7 Å². The summed E-state index contributed by atoms with van der Waals surface area (Å²) in [7, 11) is 0. The van der Waals surface area contributed by atoms with E-state index in [9.17, 15) is 34.8 Å². The van der Waals surface area contributed by atoms with Gasteiger partial charge in [0.15, 0.2) is 23.1 Å². The number of Topliss-reactive ketones (excluding diaryl/α,β-unsaturated/α-hetero) is 2. The third-order valence-corrected chi connectivity index (χ3v) is 12.5. The maximum absolute atomic E-state index is 14.2. The predicted octanol–water partition coefficient (Wildman–Crippen LogP) is 4.88. The van der Waals surface area contributed by atoms with Crippen molar-refractivity contribution in [2.75, 3.05) is 0 Å². The number of esters is 1. The van der Waals surface area contributed by atoms with Crippen LogP contribution in [0.5, 0.6) is 0 Å². The number of aliphatic hydroxyl groups excluding tert-OH is 2. The Morgan fingerprint density at radius 1 is 1.06 bits per heavy atom. The van der Waals surface area contributed by atoms with Crippen molar-refractivity contribution in [2.24, 2.45) is 29.6 Å². The summed E-state index contributed by atoms with van der Waals surface area (Å²) in [4.78, 5) is 39.3. The molecule has 0 aliphatic carbocycles. The van der Waals surface area contributed by atoms with Gasteiger partial charge in [-0.2, -0.15) is 0 Å². The van der Waals surface area contributed by atoms with Crippen LogP contribution in [-0.4, -0.2) is 91.4 Å². The van der Waals surface area contributed by atoms with Crippen molar-refractivity contribution in [3.8, 4) is 0 Å². The van der Waals surface area contributed by atoms with E-state index in [1.807, 2.05) is 48.5 Å². The number of ether oxygens (including phenoxy) is 4. The van der Waals surface area contributed by atoms with Gasteiger partial charge in [0.05, 0.1) is 47.8 Å². The molecule has 4 aliphatic heterocycles. The molecule has 13 unspecified atom stereocenters. The average Bonchev–Trinajstić information content (AvgIpc) is 3.60. The van der Waals surface area contributed by atoms with Crippen LogP contribution in [0.2, 0.25) is 0 Å². The molecule has 4 rings (SSSR count). The molecule has 4 N–H and O–H groups in total. The number of carbonyl (C=O) groups excluding carboxylic acids is 3. The lowest BCUT2D eigenvalue weighted by Gasteiger charge is -2.49. The lowest BCUT2D eigenvalue weighted by molar-refractivity contribution is -0.245.